The molecule has 0 bridgehead atoms. The van der Waals surface area contributed by atoms with Crippen molar-refractivity contribution in [2.45, 2.75) is 57.6 Å². The van der Waals surface area contributed by atoms with Gasteiger partial charge >= 0.3 is 0 Å². The number of rotatable bonds is 5. The molecule has 12 heavy (non-hydrogen) atoms. The van der Waals surface area contributed by atoms with Gasteiger partial charge in [-0.1, -0.05) is 32.6 Å². The Kier molecular flexibility index (Phi) is 4.62. The maximum Gasteiger partial charge on any atom is 0.0705 e. The van der Waals surface area contributed by atoms with Gasteiger partial charge < -0.3 is 10.4 Å². The molecule has 1 saturated heterocycles. The predicted octanol–water partition coefficient (Wildman–Crippen LogP) is 1.68. The van der Waals surface area contributed by atoms with Crippen LogP contribution in [-0.4, -0.2) is 23.8 Å². The smallest absolute Gasteiger partial charge is 0.0705 e. The molecule has 72 valence electrons. The minimum absolute atomic E-state index is 0.0772. The Bertz CT molecular complexity index is 116. The van der Waals surface area contributed by atoms with Gasteiger partial charge in [-0.3, -0.25) is 0 Å². The number of unbranched alkanes of at least 4 members (excludes halogenated alkanes) is 3. The van der Waals surface area contributed by atoms with Gasteiger partial charge in [0, 0.05) is 6.04 Å². The molecule has 2 nitrogen and oxygen atoms in total. The molecule has 2 N–H and O–H groups in total. The van der Waals surface area contributed by atoms with Crippen LogP contribution in [-0.2, 0) is 0 Å². The molecule has 0 spiro atoms. The Balaban J connectivity index is 1.98. The second-order valence-corrected chi connectivity index (χ2v) is 3.77. The minimum Gasteiger partial charge on any atom is -0.391 e. The summed E-state index contributed by atoms with van der Waals surface area (Å²) in [5.74, 6) is 0. The van der Waals surface area contributed by atoms with E-state index in [4.69, 9.17) is 0 Å². The van der Waals surface area contributed by atoms with Crippen molar-refractivity contribution < 1.29 is 5.11 Å². The Labute approximate surface area is 75.4 Å². The van der Waals surface area contributed by atoms with Gasteiger partial charge in [-0.05, 0) is 19.4 Å². The van der Waals surface area contributed by atoms with Crippen molar-refractivity contribution in [3.8, 4) is 0 Å². The average molecular weight is 171 g/mol. The van der Waals surface area contributed by atoms with Crippen LogP contribution in [0, 0.1) is 0 Å². The van der Waals surface area contributed by atoms with E-state index in [1.807, 2.05) is 0 Å². The SMILES string of the molecule is CCCCCC[C@H]1NCC[C@H]1O. The van der Waals surface area contributed by atoms with Gasteiger partial charge in [-0.2, -0.15) is 0 Å². The lowest BCUT2D eigenvalue weighted by Gasteiger charge is -2.13. The molecule has 1 heterocycles. The maximum atomic E-state index is 9.48. The lowest BCUT2D eigenvalue weighted by atomic mass is 10.0. The Morgan fingerprint density at radius 2 is 2.17 bits per heavy atom. The first-order valence-corrected chi connectivity index (χ1v) is 5.26. The largest absolute Gasteiger partial charge is 0.391 e. The number of nitrogens with one attached hydrogen (secondary N) is 1. The quantitative estimate of drug-likeness (QED) is 0.617. The van der Waals surface area contributed by atoms with Crippen LogP contribution >= 0.6 is 0 Å². The summed E-state index contributed by atoms with van der Waals surface area (Å²) >= 11 is 0. The fraction of sp³-hybridized carbons (Fsp3) is 1.00. The van der Waals surface area contributed by atoms with Crippen LogP contribution in [0.25, 0.3) is 0 Å². The zero-order chi connectivity index (χ0) is 8.81. The van der Waals surface area contributed by atoms with Crippen LogP contribution in [0.4, 0.5) is 0 Å². The monoisotopic (exact) mass is 171 g/mol. The molecule has 0 radical (unpaired) electrons. The van der Waals surface area contributed by atoms with Crippen molar-refractivity contribution in [2.24, 2.45) is 0 Å². The summed E-state index contributed by atoms with van der Waals surface area (Å²) in [6, 6.07) is 0.391. The Morgan fingerprint density at radius 1 is 1.33 bits per heavy atom. The predicted molar refractivity (Wildman–Crippen MR) is 51.2 cm³/mol. The van der Waals surface area contributed by atoms with E-state index < -0.39 is 0 Å². The molecule has 0 unspecified atom stereocenters. The van der Waals surface area contributed by atoms with E-state index in [1.54, 1.807) is 0 Å². The maximum absolute atomic E-state index is 9.48. The zero-order valence-electron chi connectivity index (χ0n) is 8.05. The van der Waals surface area contributed by atoms with E-state index in [9.17, 15) is 5.11 Å². The highest BCUT2D eigenvalue weighted by Gasteiger charge is 2.23. The van der Waals surface area contributed by atoms with Crippen molar-refractivity contribution in [1.82, 2.24) is 5.32 Å². The van der Waals surface area contributed by atoms with Gasteiger partial charge in [-0.15, -0.1) is 0 Å². The molecule has 0 aromatic heterocycles. The van der Waals surface area contributed by atoms with Crippen molar-refractivity contribution in [3.63, 3.8) is 0 Å². The van der Waals surface area contributed by atoms with Crippen LogP contribution in [0.1, 0.15) is 45.4 Å². The molecule has 0 aromatic carbocycles. The summed E-state index contributed by atoms with van der Waals surface area (Å²) in [4.78, 5) is 0. The van der Waals surface area contributed by atoms with Gasteiger partial charge in [0.2, 0.25) is 0 Å². The number of hydrogen-bond acceptors (Lipinski definition) is 2. The fourth-order valence-electron chi connectivity index (χ4n) is 1.84. The zero-order valence-corrected chi connectivity index (χ0v) is 8.05. The highest BCUT2D eigenvalue weighted by molar-refractivity contribution is 4.82. The molecule has 0 amide bonds. The van der Waals surface area contributed by atoms with Crippen LogP contribution in [0.3, 0.4) is 0 Å². The van der Waals surface area contributed by atoms with E-state index in [2.05, 4.69) is 12.2 Å². The molecule has 1 aliphatic heterocycles. The van der Waals surface area contributed by atoms with Gasteiger partial charge in [-0.25, -0.2) is 0 Å². The summed E-state index contributed by atoms with van der Waals surface area (Å²) in [5, 5.41) is 12.8. The third-order valence-corrected chi connectivity index (χ3v) is 2.68. The first-order chi connectivity index (χ1) is 5.84. The van der Waals surface area contributed by atoms with Crippen LogP contribution in [0.15, 0.2) is 0 Å². The molecule has 2 heteroatoms. The number of hydrogen-bond donors (Lipinski definition) is 2. The summed E-state index contributed by atoms with van der Waals surface area (Å²) in [6.07, 6.45) is 7.24. The van der Waals surface area contributed by atoms with Crippen molar-refractivity contribution in [1.29, 1.82) is 0 Å². The minimum atomic E-state index is -0.0772. The average Bonchev–Trinajstić information content (AvgIpc) is 2.46. The third-order valence-electron chi connectivity index (χ3n) is 2.68. The molecule has 1 fully saturated rings. The first kappa shape index (κ1) is 10.0. The van der Waals surface area contributed by atoms with Gasteiger partial charge in [0.25, 0.3) is 0 Å². The number of aliphatic hydroxyl groups is 1. The summed E-state index contributed by atoms with van der Waals surface area (Å²) in [7, 11) is 0. The standard InChI is InChI=1S/C10H21NO/c1-2-3-4-5-6-9-10(12)7-8-11-9/h9-12H,2-8H2,1H3/t9-,10-/m1/s1. The van der Waals surface area contributed by atoms with Crippen molar-refractivity contribution in [3.05, 3.63) is 0 Å². The molecule has 0 aromatic rings. The van der Waals surface area contributed by atoms with Crippen LogP contribution in [0.5, 0.6) is 0 Å². The molecule has 1 rings (SSSR count). The highest BCUT2D eigenvalue weighted by atomic mass is 16.3. The summed E-state index contributed by atoms with van der Waals surface area (Å²) in [5.41, 5.74) is 0. The second kappa shape index (κ2) is 5.55. The van der Waals surface area contributed by atoms with E-state index >= 15 is 0 Å². The lowest BCUT2D eigenvalue weighted by molar-refractivity contribution is 0.154. The van der Waals surface area contributed by atoms with E-state index in [-0.39, 0.29) is 6.10 Å². The van der Waals surface area contributed by atoms with Crippen LogP contribution in [0.2, 0.25) is 0 Å². The van der Waals surface area contributed by atoms with E-state index in [1.165, 1.54) is 25.7 Å². The Morgan fingerprint density at radius 3 is 2.75 bits per heavy atom. The molecular formula is C10H21NO. The van der Waals surface area contributed by atoms with Crippen molar-refractivity contribution >= 4 is 0 Å². The van der Waals surface area contributed by atoms with E-state index in [0.717, 1.165) is 19.4 Å². The summed E-state index contributed by atoms with van der Waals surface area (Å²) < 4.78 is 0. The normalized spacial score (nSPS) is 29.5. The second-order valence-electron chi connectivity index (χ2n) is 3.77. The summed E-state index contributed by atoms with van der Waals surface area (Å²) in [6.45, 7) is 3.22. The van der Waals surface area contributed by atoms with Gasteiger partial charge in [0.1, 0.15) is 0 Å². The number of aliphatic hydroxyl groups excluding tert-OH is 1. The molecular weight excluding hydrogens is 150 g/mol. The third kappa shape index (κ3) is 3.11. The first-order valence-electron chi connectivity index (χ1n) is 5.26. The molecule has 2 atom stereocenters. The van der Waals surface area contributed by atoms with Crippen molar-refractivity contribution in [2.75, 3.05) is 6.54 Å². The fourth-order valence-corrected chi connectivity index (χ4v) is 1.84. The molecule has 0 saturated carbocycles. The molecule has 0 aliphatic carbocycles. The van der Waals surface area contributed by atoms with Gasteiger partial charge in [0.15, 0.2) is 0 Å². The highest BCUT2D eigenvalue weighted by Crippen LogP contribution is 2.14. The van der Waals surface area contributed by atoms with Crippen LogP contribution < -0.4 is 5.32 Å². The lowest BCUT2D eigenvalue weighted by Crippen LogP contribution is -2.29. The molecule has 1 aliphatic rings. The van der Waals surface area contributed by atoms with E-state index in [0.29, 0.717) is 6.04 Å². The Hall–Kier alpha value is -0.0800. The topological polar surface area (TPSA) is 32.3 Å². The van der Waals surface area contributed by atoms with Gasteiger partial charge in [0.05, 0.1) is 6.10 Å².